The van der Waals surface area contributed by atoms with Crippen molar-refractivity contribution in [3.8, 4) is 5.75 Å². The molecule has 0 N–H and O–H groups in total. The van der Waals surface area contributed by atoms with Gasteiger partial charge in [-0.05, 0) is 0 Å². The summed E-state index contributed by atoms with van der Waals surface area (Å²) in [6, 6.07) is 7.85. The number of alkyl halides is 2. The van der Waals surface area contributed by atoms with E-state index in [4.69, 9.17) is 9.47 Å². The maximum absolute atomic E-state index is 11.7. The van der Waals surface area contributed by atoms with Crippen LogP contribution in [0.1, 0.15) is 57.5 Å². The van der Waals surface area contributed by atoms with Gasteiger partial charge in [-0.15, -0.1) is 0 Å². The summed E-state index contributed by atoms with van der Waals surface area (Å²) in [5, 5.41) is 0. The average Bonchev–Trinajstić information content (AvgIpc) is 2.33. The maximum atomic E-state index is 11.7. The third-order valence-electron chi connectivity index (χ3n) is 2.89. The van der Waals surface area contributed by atoms with E-state index in [0.29, 0.717) is 15.1 Å². The normalized spacial score (nSPS) is 13.8. The second-order valence-corrected chi connectivity index (χ2v) is 10.3. The summed E-state index contributed by atoms with van der Waals surface area (Å²) in [6.45, 7) is 12.3. The van der Waals surface area contributed by atoms with Crippen molar-refractivity contribution in [2.24, 2.45) is 5.41 Å². The molecule has 0 aliphatic heterocycles. The van der Waals surface area contributed by atoms with Crippen LogP contribution < -0.4 is 25.9 Å². The van der Waals surface area contributed by atoms with Crippen LogP contribution in [0.15, 0.2) is 24.3 Å². The van der Waals surface area contributed by atoms with Crippen molar-refractivity contribution >= 4 is 6.16 Å². The van der Waals surface area contributed by atoms with Crippen molar-refractivity contribution < 1.29 is 35.5 Å². The van der Waals surface area contributed by atoms with Gasteiger partial charge in [0, 0.05) is 0 Å². The Morgan fingerprint density at radius 2 is 1.64 bits per heavy atom. The first-order chi connectivity index (χ1) is 10.00. The molecule has 1 atom stereocenters. The number of carbonyl (C=O) groups is 1. The Hall–Kier alpha value is -0.780. The first-order valence-corrected chi connectivity index (χ1v) is 10.9. The number of rotatable bonds is 4. The number of benzene rings is 1. The zero-order chi connectivity index (χ0) is 17.0. The molecular weight excluding hydrogens is 391 g/mol. The fraction of sp³-hybridized carbons (Fsp3) is 0.611. The van der Waals surface area contributed by atoms with Crippen LogP contribution in [-0.4, -0.2) is 16.7 Å². The van der Waals surface area contributed by atoms with Gasteiger partial charge in [0.2, 0.25) is 0 Å². The third kappa shape index (κ3) is 7.47. The van der Waals surface area contributed by atoms with Crippen LogP contribution in [0.5, 0.6) is 5.75 Å². The van der Waals surface area contributed by atoms with Crippen molar-refractivity contribution in [2.45, 2.75) is 57.5 Å². The fourth-order valence-electron chi connectivity index (χ4n) is 1.97. The van der Waals surface area contributed by atoms with Crippen molar-refractivity contribution in [1.29, 1.82) is 0 Å². The molecule has 1 unspecified atom stereocenters. The van der Waals surface area contributed by atoms with Gasteiger partial charge in [-0.2, -0.15) is 0 Å². The van der Waals surface area contributed by atoms with Gasteiger partial charge in [-0.1, -0.05) is 0 Å². The summed E-state index contributed by atoms with van der Waals surface area (Å²) in [5.74, 6) is 0.529. The van der Waals surface area contributed by atoms with E-state index in [1.165, 1.54) is 12.0 Å². The molecule has 0 bridgehead atoms. The van der Waals surface area contributed by atoms with E-state index in [9.17, 15) is 4.79 Å². The quantitative estimate of drug-likeness (QED) is 0.325. The second kappa shape index (κ2) is 7.66. The van der Waals surface area contributed by atoms with Crippen molar-refractivity contribution in [3.63, 3.8) is 0 Å². The molecule has 1 aromatic rings. The van der Waals surface area contributed by atoms with Crippen LogP contribution in [0.25, 0.3) is 0 Å². The molecule has 4 heteroatoms. The zero-order valence-electron chi connectivity index (χ0n) is 14.7. The molecule has 0 aliphatic carbocycles. The number of hydrogen-bond acceptors (Lipinski definition) is 3. The van der Waals surface area contributed by atoms with Gasteiger partial charge in [0.25, 0.3) is 0 Å². The van der Waals surface area contributed by atoms with Gasteiger partial charge in [0.05, 0.1) is 0 Å². The summed E-state index contributed by atoms with van der Waals surface area (Å²) in [4.78, 5) is 14.0. The van der Waals surface area contributed by atoms with E-state index >= 15 is 0 Å². The Morgan fingerprint density at radius 3 is 2.05 bits per heavy atom. The van der Waals surface area contributed by atoms with E-state index in [1.54, 1.807) is 0 Å². The molecule has 0 heterocycles. The van der Waals surface area contributed by atoms with Gasteiger partial charge >= 0.3 is 145 Å². The van der Waals surface area contributed by atoms with Gasteiger partial charge in [-0.3, -0.25) is 0 Å². The first-order valence-electron chi connectivity index (χ1n) is 7.49. The Labute approximate surface area is 145 Å². The molecule has 0 saturated heterocycles. The van der Waals surface area contributed by atoms with E-state index in [2.05, 4.69) is 37.8 Å². The van der Waals surface area contributed by atoms with Gasteiger partial charge in [-0.25, -0.2) is 0 Å². The molecule has 3 nitrogen and oxygen atoms in total. The van der Waals surface area contributed by atoms with E-state index in [1.807, 2.05) is 32.9 Å². The summed E-state index contributed by atoms with van der Waals surface area (Å²) < 4.78 is 11.0. The molecule has 0 saturated carbocycles. The average molecular weight is 419 g/mol. The second-order valence-electron chi connectivity index (χ2n) is 7.59. The van der Waals surface area contributed by atoms with E-state index in [-0.39, 0.29) is 21.2 Å². The van der Waals surface area contributed by atoms with Gasteiger partial charge < -0.3 is 0 Å². The molecule has 1 aromatic carbocycles. The molecule has 0 amide bonds. The predicted octanol–water partition coefficient (Wildman–Crippen LogP) is 2.20. The van der Waals surface area contributed by atoms with Crippen LogP contribution in [-0.2, 0) is 4.74 Å². The molecule has 0 aromatic heterocycles. The Morgan fingerprint density at radius 1 is 1.09 bits per heavy atom. The van der Waals surface area contributed by atoms with Crippen LogP contribution in [0.4, 0.5) is 4.79 Å². The third-order valence-corrected chi connectivity index (χ3v) is 5.55. The van der Waals surface area contributed by atoms with Crippen molar-refractivity contribution in [1.82, 2.24) is 0 Å². The first kappa shape index (κ1) is 19.3. The number of hydrogen-bond donors (Lipinski definition) is 0. The Kier molecular flexibility index (Phi) is 6.71. The summed E-state index contributed by atoms with van der Waals surface area (Å²) in [5.41, 5.74) is 1.12. The summed E-state index contributed by atoms with van der Waals surface area (Å²) >= 11 is 0.118. The topological polar surface area (TPSA) is 35.5 Å². The number of halogens is 1. The molecule has 0 aliphatic rings. The Balaban J connectivity index is 2.71. The molecule has 126 valence electrons. The fourth-order valence-corrected chi connectivity index (χ4v) is 4.87. The number of carbonyl (C=O) groups excluding carboxylic acids is 1. The van der Waals surface area contributed by atoms with Crippen LogP contribution >= 0.6 is 0 Å². The summed E-state index contributed by atoms with van der Waals surface area (Å²) in [7, 11) is 0. The predicted molar refractivity (Wildman–Crippen MR) is 86.0 cm³/mol. The molecule has 1 rings (SSSR count). The Bertz CT molecular complexity index is 481. The van der Waals surface area contributed by atoms with Crippen LogP contribution in [0, 0.1) is 5.41 Å². The van der Waals surface area contributed by atoms with E-state index < -0.39 is 11.8 Å². The van der Waals surface area contributed by atoms with Crippen molar-refractivity contribution in [2.75, 3.05) is 4.93 Å². The SMILES string of the molecule is C[I-]C(CC(C)(C)C)c1ccc(OC(=O)OC(C)(C)C)cc1. The molecule has 22 heavy (non-hydrogen) atoms. The van der Waals surface area contributed by atoms with E-state index in [0.717, 1.165) is 0 Å². The zero-order valence-corrected chi connectivity index (χ0v) is 16.9. The minimum absolute atomic E-state index is 0.118. The molecule has 0 radical (unpaired) electrons. The molecule has 0 spiro atoms. The molecular formula is C18H28IO3-. The summed E-state index contributed by atoms with van der Waals surface area (Å²) in [6.07, 6.45) is 0.526. The monoisotopic (exact) mass is 419 g/mol. The van der Waals surface area contributed by atoms with Crippen molar-refractivity contribution in [3.05, 3.63) is 29.8 Å². The van der Waals surface area contributed by atoms with Crippen LogP contribution in [0.2, 0.25) is 0 Å². The van der Waals surface area contributed by atoms with Crippen LogP contribution in [0.3, 0.4) is 0 Å². The minimum atomic E-state index is -0.658. The molecule has 0 fully saturated rings. The van der Waals surface area contributed by atoms with Gasteiger partial charge in [0.15, 0.2) is 0 Å². The standard InChI is InChI=1S/C18H28IO3/c1-17(2,3)12-15(19-7)13-8-10-14(11-9-13)21-16(20)22-18(4,5)6/h8-11,15H,12H2,1-7H3/q-1. The van der Waals surface area contributed by atoms with Gasteiger partial charge in [0.1, 0.15) is 0 Å². The number of ether oxygens (including phenoxy) is 2.